The third kappa shape index (κ3) is 3.82. The van der Waals surface area contributed by atoms with Gasteiger partial charge in [0.15, 0.2) is 11.5 Å². The summed E-state index contributed by atoms with van der Waals surface area (Å²) in [5, 5.41) is 21.0. The van der Waals surface area contributed by atoms with Crippen LogP contribution in [-0.2, 0) is 0 Å². The predicted octanol–water partition coefficient (Wildman–Crippen LogP) is 4.94. The van der Waals surface area contributed by atoms with E-state index in [2.05, 4.69) is 17.8 Å². The number of anilines is 2. The topological polar surface area (TPSA) is 111 Å². The Labute approximate surface area is 196 Å². The number of benzene rings is 4. The van der Waals surface area contributed by atoms with Crippen LogP contribution < -0.4 is 20.9 Å². The first-order valence-corrected chi connectivity index (χ1v) is 9.92. The summed E-state index contributed by atoms with van der Waals surface area (Å²) in [6.07, 6.45) is 17.3. The lowest BCUT2D eigenvalue weighted by Crippen LogP contribution is -1.98. The van der Waals surface area contributed by atoms with Gasteiger partial charge >= 0.3 is 0 Å². The predicted molar refractivity (Wildman–Crippen MR) is 133 cm³/mol. The summed E-state index contributed by atoms with van der Waals surface area (Å²) in [6, 6.07) is 14.0. The van der Waals surface area contributed by atoms with Crippen LogP contribution in [0.5, 0.6) is 34.5 Å². The second-order valence-corrected chi connectivity index (χ2v) is 7.24. The van der Waals surface area contributed by atoms with Crippen molar-refractivity contribution in [3.63, 3.8) is 0 Å². The van der Waals surface area contributed by atoms with E-state index in [4.69, 9.17) is 40.2 Å². The molecule has 0 unspecified atom stereocenters. The molecular weight excluding hydrogens is 428 g/mol. The Morgan fingerprint density at radius 2 is 1.15 bits per heavy atom. The molecule has 0 saturated heterocycles. The maximum Gasteiger partial charge on any atom is 0.152 e. The highest BCUT2D eigenvalue weighted by Crippen LogP contribution is 2.43. The van der Waals surface area contributed by atoms with Crippen molar-refractivity contribution < 1.29 is 19.7 Å². The molecule has 0 amide bonds. The molecule has 164 valence electrons. The van der Waals surface area contributed by atoms with Gasteiger partial charge in [-0.15, -0.1) is 19.3 Å². The number of nitrogen functional groups attached to an aromatic ring is 2. The molecule has 6 N–H and O–H groups in total. The van der Waals surface area contributed by atoms with E-state index < -0.39 is 0 Å². The van der Waals surface area contributed by atoms with Crippen molar-refractivity contribution in [2.24, 2.45) is 0 Å². The Morgan fingerprint density at radius 1 is 0.618 bits per heavy atom. The van der Waals surface area contributed by atoms with Crippen LogP contribution in [0, 0.1) is 37.0 Å². The molecule has 0 fully saturated rings. The number of phenols is 2. The second-order valence-electron chi connectivity index (χ2n) is 7.24. The standard InChI is InChI=1S/C28H18N2O4/c1-4-16-7-10-21-26(28(16)34-20-9-12-23(30)25(32)15-20)17(5-2)13-18(6-3)27(21)33-19-8-11-22(29)24(31)14-19/h1-3,7-15,31-32H,29-30H2. The lowest BCUT2D eigenvalue weighted by molar-refractivity contribution is 0.456. The summed E-state index contributed by atoms with van der Waals surface area (Å²) >= 11 is 0. The summed E-state index contributed by atoms with van der Waals surface area (Å²) in [4.78, 5) is 0. The van der Waals surface area contributed by atoms with E-state index in [0.717, 1.165) is 0 Å². The Morgan fingerprint density at radius 3 is 1.65 bits per heavy atom. The first kappa shape index (κ1) is 21.8. The first-order chi connectivity index (χ1) is 16.4. The SMILES string of the molecule is C#Cc1cc(C#C)c2c(Oc3ccc(N)c(O)c3)c(C#C)ccc2c1Oc1ccc(N)c(O)c1. The van der Waals surface area contributed by atoms with Crippen LogP contribution in [0.15, 0.2) is 54.6 Å². The molecule has 4 rings (SSSR count). The zero-order valence-electron chi connectivity index (χ0n) is 17.8. The van der Waals surface area contributed by atoms with Crippen molar-refractivity contribution in [1.29, 1.82) is 0 Å². The fraction of sp³-hybridized carbons (Fsp3) is 0. The van der Waals surface area contributed by atoms with Crippen molar-refractivity contribution >= 4 is 22.1 Å². The van der Waals surface area contributed by atoms with Gasteiger partial charge in [-0.2, -0.15) is 0 Å². The zero-order chi connectivity index (χ0) is 24.4. The van der Waals surface area contributed by atoms with Gasteiger partial charge in [0.05, 0.1) is 22.5 Å². The van der Waals surface area contributed by atoms with E-state index in [-0.39, 0.29) is 28.6 Å². The Hall–Kier alpha value is -5.38. The monoisotopic (exact) mass is 446 g/mol. The molecule has 4 aromatic carbocycles. The Kier molecular flexibility index (Phi) is 5.54. The van der Waals surface area contributed by atoms with E-state index in [9.17, 15) is 10.2 Å². The number of nitrogens with two attached hydrogens (primary N) is 2. The molecule has 0 aliphatic rings. The molecule has 0 aliphatic heterocycles. The molecule has 0 spiro atoms. The van der Waals surface area contributed by atoms with Crippen LogP contribution in [0.1, 0.15) is 16.7 Å². The van der Waals surface area contributed by atoms with Crippen molar-refractivity contribution in [3.05, 3.63) is 71.3 Å². The molecule has 6 nitrogen and oxygen atoms in total. The van der Waals surface area contributed by atoms with Gasteiger partial charge in [-0.05, 0) is 42.5 Å². The van der Waals surface area contributed by atoms with Gasteiger partial charge in [-0.1, -0.05) is 17.8 Å². The summed E-state index contributed by atoms with van der Waals surface area (Å²) in [7, 11) is 0. The molecule has 0 heterocycles. The van der Waals surface area contributed by atoms with Crippen LogP contribution in [0.25, 0.3) is 10.8 Å². The fourth-order valence-corrected chi connectivity index (χ4v) is 3.43. The van der Waals surface area contributed by atoms with Crippen LogP contribution in [0.3, 0.4) is 0 Å². The molecule has 0 aromatic heterocycles. The summed E-state index contributed by atoms with van der Waals surface area (Å²) < 4.78 is 12.2. The largest absolute Gasteiger partial charge is 0.506 e. The minimum atomic E-state index is -0.140. The molecule has 0 saturated carbocycles. The number of terminal acetylenes is 3. The summed E-state index contributed by atoms with van der Waals surface area (Å²) in [5.41, 5.74) is 13.0. The average Bonchev–Trinajstić information content (AvgIpc) is 2.83. The summed E-state index contributed by atoms with van der Waals surface area (Å²) in [5.74, 6) is 8.73. The zero-order valence-corrected chi connectivity index (χ0v) is 17.8. The third-order valence-electron chi connectivity index (χ3n) is 5.12. The minimum absolute atomic E-state index is 0.133. The number of hydrogen-bond donors (Lipinski definition) is 4. The highest BCUT2D eigenvalue weighted by molar-refractivity contribution is 6.01. The minimum Gasteiger partial charge on any atom is -0.506 e. The van der Waals surface area contributed by atoms with Gasteiger partial charge in [-0.25, -0.2) is 0 Å². The first-order valence-electron chi connectivity index (χ1n) is 9.92. The maximum absolute atomic E-state index is 9.99. The third-order valence-corrected chi connectivity index (χ3v) is 5.12. The maximum atomic E-state index is 9.99. The molecule has 0 radical (unpaired) electrons. The molecule has 0 bridgehead atoms. The van der Waals surface area contributed by atoms with Crippen molar-refractivity contribution in [2.45, 2.75) is 0 Å². The highest BCUT2D eigenvalue weighted by Gasteiger charge is 2.20. The van der Waals surface area contributed by atoms with Crippen molar-refractivity contribution in [1.82, 2.24) is 0 Å². The van der Waals surface area contributed by atoms with Crippen molar-refractivity contribution in [2.75, 3.05) is 11.5 Å². The molecule has 6 heteroatoms. The van der Waals surface area contributed by atoms with Gasteiger partial charge in [0.2, 0.25) is 0 Å². The highest BCUT2D eigenvalue weighted by atomic mass is 16.5. The van der Waals surface area contributed by atoms with E-state index in [1.807, 2.05) is 0 Å². The molecule has 4 aromatic rings. The van der Waals surface area contributed by atoms with Crippen LogP contribution in [-0.4, -0.2) is 10.2 Å². The van der Waals surface area contributed by atoms with Gasteiger partial charge in [0, 0.05) is 28.5 Å². The summed E-state index contributed by atoms with van der Waals surface area (Å²) in [6.45, 7) is 0. The average molecular weight is 446 g/mol. The Balaban J connectivity index is 1.98. The molecule has 0 atom stereocenters. The van der Waals surface area contributed by atoms with Gasteiger partial charge < -0.3 is 31.2 Å². The number of hydrogen-bond acceptors (Lipinski definition) is 6. The van der Waals surface area contributed by atoms with Gasteiger partial charge in [0.25, 0.3) is 0 Å². The number of fused-ring (bicyclic) bond motifs is 1. The van der Waals surface area contributed by atoms with E-state index in [1.165, 1.54) is 24.3 Å². The smallest absolute Gasteiger partial charge is 0.152 e. The quantitative estimate of drug-likeness (QED) is 0.201. The van der Waals surface area contributed by atoms with Crippen LogP contribution in [0.4, 0.5) is 11.4 Å². The second kappa shape index (κ2) is 8.63. The normalized spacial score (nSPS) is 10.1. The van der Waals surface area contributed by atoms with E-state index in [1.54, 1.807) is 30.3 Å². The molecular formula is C28H18N2O4. The number of phenolic OH excluding ortho intramolecular Hbond substituents is 2. The van der Waals surface area contributed by atoms with Crippen LogP contribution >= 0.6 is 0 Å². The van der Waals surface area contributed by atoms with Gasteiger partial charge in [-0.3, -0.25) is 0 Å². The van der Waals surface area contributed by atoms with Gasteiger partial charge in [0.1, 0.15) is 23.0 Å². The van der Waals surface area contributed by atoms with Crippen molar-refractivity contribution in [3.8, 4) is 71.5 Å². The van der Waals surface area contributed by atoms with Crippen LogP contribution in [0.2, 0.25) is 0 Å². The lowest BCUT2D eigenvalue weighted by Gasteiger charge is -2.18. The lowest BCUT2D eigenvalue weighted by atomic mass is 9.96. The van der Waals surface area contributed by atoms with E-state index >= 15 is 0 Å². The molecule has 0 aliphatic carbocycles. The number of aromatic hydroxyl groups is 2. The number of rotatable bonds is 4. The Bertz CT molecular complexity index is 1580. The molecule has 34 heavy (non-hydrogen) atoms. The fourth-order valence-electron chi connectivity index (χ4n) is 3.43. The number of ether oxygens (including phenoxy) is 2. The van der Waals surface area contributed by atoms with E-state index in [0.29, 0.717) is 44.7 Å².